The summed E-state index contributed by atoms with van der Waals surface area (Å²) < 4.78 is 25.4. The van der Waals surface area contributed by atoms with Crippen LogP contribution in [0.2, 0.25) is 0 Å². The minimum absolute atomic E-state index is 0. The lowest BCUT2D eigenvalue weighted by Gasteiger charge is -2.32. The minimum Gasteiger partial charge on any atom is -0.456 e. The summed E-state index contributed by atoms with van der Waals surface area (Å²) >= 11 is 3.83. The third-order valence-corrected chi connectivity index (χ3v) is 18.3. The van der Waals surface area contributed by atoms with Gasteiger partial charge in [0.25, 0.3) is 0 Å². The Morgan fingerprint density at radius 2 is 0.588 bits per heavy atom. The van der Waals surface area contributed by atoms with Crippen LogP contribution < -0.4 is 5.46 Å². The second-order valence-electron chi connectivity index (χ2n) is 23.0. The van der Waals surface area contributed by atoms with E-state index in [0.29, 0.717) is 0 Å². The first kappa shape index (κ1) is 53.7. The largest absolute Gasteiger partial charge is 0.494 e. The first-order valence-corrected chi connectivity index (χ1v) is 29.5. The Balaban J connectivity index is 0.000000117. The highest BCUT2D eigenvalue weighted by Crippen LogP contribution is 2.46. The second kappa shape index (κ2) is 21.4. The summed E-state index contributed by atoms with van der Waals surface area (Å²) in [6, 6.07) is 94.7. The Hall–Kier alpha value is -9.30. The molecule has 0 amide bonds. The van der Waals surface area contributed by atoms with Crippen molar-refractivity contribution in [3.8, 4) is 33.4 Å². The van der Waals surface area contributed by atoms with E-state index < -0.39 is 0 Å². The van der Waals surface area contributed by atoms with E-state index in [9.17, 15) is 0 Å². The van der Waals surface area contributed by atoms with Crippen molar-refractivity contribution in [2.24, 2.45) is 0 Å². The molecule has 17 rings (SSSR count). The van der Waals surface area contributed by atoms with Crippen molar-refractivity contribution < 1.29 is 18.1 Å². The van der Waals surface area contributed by atoms with Crippen LogP contribution in [0.3, 0.4) is 0 Å². The summed E-state index contributed by atoms with van der Waals surface area (Å²) in [5, 5.41) is 19.7. The molecule has 1 fully saturated rings. The highest BCUT2D eigenvalue weighted by molar-refractivity contribution is 9.10. The maximum absolute atomic E-state index is 6.13. The molecular weight excluding hydrogens is 1100 g/mol. The quantitative estimate of drug-likeness (QED) is 0.130. The van der Waals surface area contributed by atoms with Gasteiger partial charge >= 0.3 is 7.12 Å². The predicted octanol–water partition coefficient (Wildman–Crippen LogP) is 22.5. The Bertz CT molecular complexity index is 5130. The molecule has 0 atom stereocenters. The standard InChI is InChI=1S/C36H22O.C24H15Br.C18H19BO3.CH4/c1-2-10-24-21-25(18-17-23(24)9-1)35-28-12-3-5-14-30(28)36(31-15-6-4-13-29(31)35)26-19-20-34-32(22-26)27-11-7-8-16-33(27)37-34;25-24-21-11-5-3-9-19(21)23(20-10-4-6-12-22(20)24)18-14-13-16-7-1-2-8-17(16)15-18;1-17(2)18(3,4)22-19(21-17)12-9-10-16-14(11-12)13-7-5-6-8-15(13)20-16;/h1-22H;1-15H;5-11H,1-4H3;1H4. The van der Waals surface area contributed by atoms with Gasteiger partial charge in [-0.15, -0.1) is 0 Å². The zero-order chi connectivity index (χ0) is 56.7. The van der Waals surface area contributed by atoms with Crippen molar-refractivity contribution in [2.45, 2.75) is 46.3 Å². The molecule has 1 saturated heterocycles. The van der Waals surface area contributed by atoms with E-state index in [1.54, 1.807) is 0 Å². The summed E-state index contributed by atoms with van der Waals surface area (Å²) in [6.45, 7) is 8.27. The lowest BCUT2D eigenvalue weighted by Crippen LogP contribution is -2.41. The van der Waals surface area contributed by atoms with Gasteiger partial charge in [0, 0.05) is 26.0 Å². The van der Waals surface area contributed by atoms with Gasteiger partial charge in [-0.25, -0.2) is 0 Å². The van der Waals surface area contributed by atoms with Crippen LogP contribution in [0.15, 0.2) is 280 Å². The summed E-state index contributed by atoms with van der Waals surface area (Å²) in [4.78, 5) is 0. The molecule has 0 N–H and O–H groups in total. The number of hydrogen-bond acceptors (Lipinski definition) is 4. The van der Waals surface area contributed by atoms with Gasteiger partial charge < -0.3 is 18.1 Å². The van der Waals surface area contributed by atoms with Gasteiger partial charge in [-0.3, -0.25) is 0 Å². The SMILES string of the molecule is Brc1c2ccccc2c(-c2ccc3ccccc3c2)c2ccccc12.C.CC1(C)OB(c2ccc3oc4ccccc4c3c2)OC1(C)C.c1ccc2cc(-c3c4ccccc4c(-c4ccc5oc6ccccc6c5c4)c4ccccc34)ccc2c1. The van der Waals surface area contributed by atoms with Crippen LogP contribution in [0.5, 0.6) is 0 Å². The molecule has 0 radical (unpaired) electrons. The van der Waals surface area contributed by atoms with E-state index in [1.807, 2.05) is 42.5 Å². The van der Waals surface area contributed by atoms with Crippen molar-refractivity contribution in [2.75, 3.05) is 0 Å². The number of furan rings is 2. The van der Waals surface area contributed by atoms with Crippen LogP contribution in [0, 0.1) is 0 Å². The first-order valence-electron chi connectivity index (χ1n) is 28.7. The Morgan fingerprint density at radius 1 is 0.282 bits per heavy atom. The zero-order valence-corrected chi connectivity index (χ0v) is 48.6. The van der Waals surface area contributed by atoms with Gasteiger partial charge in [-0.2, -0.15) is 0 Å². The summed E-state index contributed by atoms with van der Waals surface area (Å²) in [5.74, 6) is 0. The maximum Gasteiger partial charge on any atom is 0.494 e. The molecule has 0 bridgehead atoms. The molecule has 14 aromatic carbocycles. The Morgan fingerprint density at radius 3 is 1.02 bits per heavy atom. The molecule has 6 heteroatoms. The molecule has 2 aromatic heterocycles. The molecular formula is C79H60BBrO4. The predicted molar refractivity (Wildman–Crippen MR) is 365 cm³/mol. The smallest absolute Gasteiger partial charge is 0.456 e. The number of benzene rings is 14. The highest BCUT2D eigenvalue weighted by atomic mass is 79.9. The third kappa shape index (κ3) is 9.33. The molecule has 0 spiro atoms. The van der Waals surface area contributed by atoms with Crippen LogP contribution in [0.4, 0.5) is 0 Å². The van der Waals surface area contributed by atoms with E-state index >= 15 is 0 Å². The zero-order valence-electron chi connectivity index (χ0n) is 47.0. The van der Waals surface area contributed by atoms with Gasteiger partial charge in [-0.05, 0) is 190 Å². The monoisotopic (exact) mass is 1160 g/mol. The van der Waals surface area contributed by atoms with Crippen molar-refractivity contribution in [1.29, 1.82) is 0 Å². The van der Waals surface area contributed by atoms with Gasteiger partial charge in [0.1, 0.15) is 22.3 Å². The summed E-state index contributed by atoms with van der Waals surface area (Å²) in [7, 11) is -0.344. The van der Waals surface area contributed by atoms with Crippen molar-refractivity contribution in [3.63, 3.8) is 0 Å². The van der Waals surface area contributed by atoms with Gasteiger partial charge in [0.2, 0.25) is 0 Å². The average molecular weight is 1160 g/mol. The lowest BCUT2D eigenvalue weighted by atomic mass is 9.78. The van der Waals surface area contributed by atoms with Crippen LogP contribution in [0.25, 0.3) is 142 Å². The van der Waals surface area contributed by atoms with E-state index in [0.717, 1.165) is 49.3 Å². The van der Waals surface area contributed by atoms with Crippen LogP contribution in [-0.4, -0.2) is 18.3 Å². The molecule has 85 heavy (non-hydrogen) atoms. The number of halogens is 1. The fourth-order valence-electron chi connectivity index (χ4n) is 12.6. The molecule has 3 heterocycles. The van der Waals surface area contributed by atoms with Crippen LogP contribution in [0.1, 0.15) is 35.1 Å². The molecule has 410 valence electrons. The van der Waals surface area contributed by atoms with Gasteiger partial charge in [0.15, 0.2) is 0 Å². The van der Waals surface area contributed by atoms with E-state index in [4.69, 9.17) is 18.1 Å². The molecule has 1 aliphatic heterocycles. The van der Waals surface area contributed by atoms with Gasteiger partial charge in [-0.1, -0.05) is 232 Å². The normalized spacial score (nSPS) is 13.7. The molecule has 0 aliphatic carbocycles. The van der Waals surface area contributed by atoms with Crippen molar-refractivity contribution in [1.82, 2.24) is 0 Å². The van der Waals surface area contributed by atoms with Gasteiger partial charge in [0.05, 0.1) is 11.2 Å². The molecule has 0 unspecified atom stereocenters. The van der Waals surface area contributed by atoms with E-state index in [2.05, 4.69) is 268 Å². The second-order valence-corrected chi connectivity index (χ2v) is 23.8. The van der Waals surface area contributed by atoms with Crippen molar-refractivity contribution >= 4 is 137 Å². The average Bonchev–Trinajstić information content (AvgIpc) is 1.81. The Kier molecular flexibility index (Phi) is 13.5. The number of hydrogen-bond donors (Lipinski definition) is 0. The number of fused-ring (bicyclic) bond motifs is 12. The molecule has 4 nitrogen and oxygen atoms in total. The fraction of sp³-hybridized carbons (Fsp3) is 0.0886. The van der Waals surface area contributed by atoms with Crippen LogP contribution >= 0.6 is 15.9 Å². The van der Waals surface area contributed by atoms with E-state index in [-0.39, 0.29) is 25.7 Å². The maximum atomic E-state index is 6.13. The van der Waals surface area contributed by atoms with Crippen molar-refractivity contribution in [3.05, 3.63) is 271 Å². The highest BCUT2D eigenvalue weighted by Gasteiger charge is 2.51. The summed E-state index contributed by atoms with van der Waals surface area (Å²) in [6.07, 6.45) is 0. The summed E-state index contributed by atoms with van der Waals surface area (Å²) in [5.41, 5.74) is 11.6. The molecule has 16 aromatic rings. The minimum atomic E-state index is -0.344. The van der Waals surface area contributed by atoms with Crippen LogP contribution in [-0.2, 0) is 9.31 Å². The lowest BCUT2D eigenvalue weighted by molar-refractivity contribution is 0.00578. The number of para-hydroxylation sites is 2. The van der Waals surface area contributed by atoms with E-state index in [1.165, 1.54) is 102 Å². The topological polar surface area (TPSA) is 44.7 Å². The molecule has 1 aliphatic rings. The molecule has 0 saturated carbocycles. The number of rotatable bonds is 4. The Labute approximate surface area is 503 Å². The third-order valence-electron chi connectivity index (χ3n) is 17.5. The first-order chi connectivity index (χ1) is 41.0. The fourth-order valence-corrected chi connectivity index (χ4v) is 13.3.